The normalized spacial score (nSPS) is 18.1. The number of anilines is 1. The molecule has 2 aromatic rings. The van der Waals surface area contributed by atoms with Crippen molar-refractivity contribution >= 4 is 37.5 Å². The van der Waals surface area contributed by atoms with Crippen LogP contribution >= 0.6 is 15.9 Å². The topological polar surface area (TPSA) is 80.1 Å². The molecule has 0 N–H and O–H groups in total. The SMILES string of the molecule is O=C(c1ccc(Br)o1)N1CCc2cc(S(=O)(=O)N3CCOCC3)ccc21. The van der Waals surface area contributed by atoms with Gasteiger partial charge in [0.05, 0.1) is 18.1 Å². The van der Waals surface area contributed by atoms with Crippen LogP contribution < -0.4 is 4.90 Å². The number of fused-ring (bicyclic) bond motifs is 1. The fourth-order valence-corrected chi connectivity index (χ4v) is 5.01. The van der Waals surface area contributed by atoms with Gasteiger partial charge in [-0.05, 0) is 58.2 Å². The van der Waals surface area contributed by atoms with Gasteiger partial charge in [-0.1, -0.05) is 0 Å². The van der Waals surface area contributed by atoms with Crippen molar-refractivity contribution in [2.75, 3.05) is 37.7 Å². The minimum Gasteiger partial charge on any atom is -0.444 e. The largest absolute Gasteiger partial charge is 0.444 e. The summed E-state index contributed by atoms with van der Waals surface area (Å²) in [6.45, 7) is 2.03. The molecule has 1 aromatic heterocycles. The Morgan fingerprint density at radius 2 is 1.85 bits per heavy atom. The van der Waals surface area contributed by atoms with Gasteiger partial charge >= 0.3 is 0 Å². The van der Waals surface area contributed by atoms with E-state index in [-0.39, 0.29) is 16.6 Å². The predicted molar refractivity (Wildman–Crippen MR) is 97.8 cm³/mol. The number of carbonyl (C=O) groups excluding carboxylic acids is 1. The standard InChI is InChI=1S/C17H17BrN2O5S/c18-16-4-3-15(25-16)17(21)20-6-5-12-11-13(1-2-14(12)20)26(22,23)19-7-9-24-10-8-19/h1-4,11H,5-10H2. The Bertz CT molecular complexity index is 950. The number of morpholine rings is 1. The van der Waals surface area contributed by atoms with Crippen molar-refractivity contribution in [1.82, 2.24) is 4.31 Å². The second-order valence-corrected chi connectivity index (χ2v) is 8.84. The van der Waals surface area contributed by atoms with Gasteiger partial charge in [0.25, 0.3) is 5.91 Å². The molecule has 1 fully saturated rings. The Morgan fingerprint density at radius 1 is 1.08 bits per heavy atom. The van der Waals surface area contributed by atoms with E-state index >= 15 is 0 Å². The van der Waals surface area contributed by atoms with Crippen LogP contribution in [0.5, 0.6) is 0 Å². The molecule has 7 nitrogen and oxygen atoms in total. The highest BCUT2D eigenvalue weighted by molar-refractivity contribution is 9.10. The van der Waals surface area contributed by atoms with Gasteiger partial charge < -0.3 is 14.1 Å². The molecule has 9 heteroatoms. The molecule has 3 heterocycles. The first kappa shape index (κ1) is 17.7. The zero-order valence-electron chi connectivity index (χ0n) is 13.9. The second kappa shape index (κ2) is 6.80. The Kier molecular flexibility index (Phi) is 4.64. The molecule has 0 atom stereocenters. The summed E-state index contributed by atoms with van der Waals surface area (Å²) in [7, 11) is -3.54. The van der Waals surface area contributed by atoms with Crippen LogP contribution in [0.25, 0.3) is 0 Å². The number of carbonyl (C=O) groups is 1. The van der Waals surface area contributed by atoms with Crippen LogP contribution in [-0.4, -0.2) is 51.5 Å². The Hall–Kier alpha value is -1.68. The molecular formula is C17H17BrN2O5S. The number of ether oxygens (including phenoxy) is 1. The van der Waals surface area contributed by atoms with Crippen molar-refractivity contribution < 1.29 is 22.4 Å². The molecule has 0 spiro atoms. The fourth-order valence-electron chi connectivity index (χ4n) is 3.25. The highest BCUT2D eigenvalue weighted by atomic mass is 79.9. The van der Waals surface area contributed by atoms with E-state index in [0.29, 0.717) is 43.9 Å². The van der Waals surface area contributed by atoms with Gasteiger partial charge in [-0.15, -0.1) is 0 Å². The smallest absolute Gasteiger partial charge is 0.294 e. The van der Waals surface area contributed by atoms with Crippen molar-refractivity contribution in [3.05, 3.63) is 46.3 Å². The van der Waals surface area contributed by atoms with Crippen LogP contribution in [0.3, 0.4) is 0 Å². The fraction of sp³-hybridized carbons (Fsp3) is 0.353. The molecule has 1 amide bonds. The molecule has 4 rings (SSSR count). The molecule has 0 bridgehead atoms. The molecule has 0 aliphatic carbocycles. The third-order valence-corrected chi connectivity index (χ3v) is 6.90. The van der Waals surface area contributed by atoms with E-state index in [2.05, 4.69) is 15.9 Å². The molecule has 138 valence electrons. The van der Waals surface area contributed by atoms with E-state index in [0.717, 1.165) is 11.3 Å². The van der Waals surface area contributed by atoms with Gasteiger partial charge in [0.15, 0.2) is 10.4 Å². The van der Waals surface area contributed by atoms with E-state index in [1.807, 2.05) is 0 Å². The van der Waals surface area contributed by atoms with E-state index < -0.39 is 10.0 Å². The lowest BCUT2D eigenvalue weighted by Gasteiger charge is -2.26. The first-order valence-electron chi connectivity index (χ1n) is 8.25. The van der Waals surface area contributed by atoms with E-state index in [9.17, 15) is 13.2 Å². The van der Waals surface area contributed by atoms with Gasteiger partial charge in [-0.2, -0.15) is 4.31 Å². The number of hydrogen-bond donors (Lipinski definition) is 0. The highest BCUT2D eigenvalue weighted by Crippen LogP contribution is 2.32. The van der Waals surface area contributed by atoms with Crippen molar-refractivity contribution in [2.45, 2.75) is 11.3 Å². The minimum atomic E-state index is -3.54. The lowest BCUT2D eigenvalue weighted by atomic mass is 10.2. The van der Waals surface area contributed by atoms with Crippen molar-refractivity contribution in [1.29, 1.82) is 0 Å². The summed E-state index contributed by atoms with van der Waals surface area (Å²) in [6, 6.07) is 8.22. The van der Waals surface area contributed by atoms with E-state index in [4.69, 9.17) is 9.15 Å². The monoisotopic (exact) mass is 440 g/mol. The van der Waals surface area contributed by atoms with Gasteiger partial charge in [0.1, 0.15) is 0 Å². The van der Waals surface area contributed by atoms with Crippen LogP contribution in [0.4, 0.5) is 5.69 Å². The molecule has 2 aliphatic heterocycles. The van der Waals surface area contributed by atoms with Crippen molar-refractivity contribution in [3.8, 4) is 0 Å². The maximum Gasteiger partial charge on any atom is 0.294 e. The lowest BCUT2D eigenvalue weighted by Crippen LogP contribution is -2.40. The zero-order valence-corrected chi connectivity index (χ0v) is 16.3. The molecular weight excluding hydrogens is 424 g/mol. The van der Waals surface area contributed by atoms with Crippen LogP contribution in [0.2, 0.25) is 0 Å². The minimum absolute atomic E-state index is 0.238. The van der Waals surface area contributed by atoms with E-state index in [1.165, 1.54) is 4.31 Å². The third-order valence-electron chi connectivity index (χ3n) is 4.58. The van der Waals surface area contributed by atoms with Gasteiger partial charge in [-0.3, -0.25) is 4.79 Å². The number of benzene rings is 1. The summed E-state index contributed by atoms with van der Waals surface area (Å²) in [4.78, 5) is 14.5. The number of rotatable bonds is 3. The van der Waals surface area contributed by atoms with Crippen LogP contribution in [-0.2, 0) is 21.2 Å². The number of nitrogens with zero attached hydrogens (tertiary/aromatic N) is 2. The van der Waals surface area contributed by atoms with Crippen molar-refractivity contribution in [3.63, 3.8) is 0 Å². The maximum atomic E-state index is 12.8. The molecule has 2 aliphatic rings. The lowest BCUT2D eigenvalue weighted by molar-refractivity contribution is 0.0730. The molecule has 1 aromatic carbocycles. The number of halogens is 1. The number of hydrogen-bond acceptors (Lipinski definition) is 5. The second-order valence-electron chi connectivity index (χ2n) is 6.12. The quantitative estimate of drug-likeness (QED) is 0.730. The Labute approximate surface area is 159 Å². The summed E-state index contributed by atoms with van der Waals surface area (Å²) in [5.41, 5.74) is 1.57. The van der Waals surface area contributed by atoms with Gasteiger partial charge in [0, 0.05) is 25.3 Å². The predicted octanol–water partition coefficient (Wildman–Crippen LogP) is 2.27. The van der Waals surface area contributed by atoms with E-state index in [1.54, 1.807) is 35.2 Å². The molecule has 0 unspecified atom stereocenters. The van der Waals surface area contributed by atoms with Crippen LogP contribution in [0.1, 0.15) is 16.1 Å². The first-order chi connectivity index (χ1) is 12.5. The number of sulfonamides is 1. The molecule has 1 saturated heterocycles. The average Bonchev–Trinajstić information content (AvgIpc) is 3.27. The molecule has 0 saturated carbocycles. The van der Waals surface area contributed by atoms with Crippen LogP contribution in [0, 0.1) is 0 Å². The van der Waals surface area contributed by atoms with Gasteiger partial charge in [0.2, 0.25) is 10.0 Å². The molecule has 0 radical (unpaired) electrons. The van der Waals surface area contributed by atoms with Crippen molar-refractivity contribution in [2.24, 2.45) is 0 Å². The van der Waals surface area contributed by atoms with Gasteiger partial charge in [-0.25, -0.2) is 8.42 Å². The summed E-state index contributed by atoms with van der Waals surface area (Å²) in [6.07, 6.45) is 0.607. The summed E-state index contributed by atoms with van der Waals surface area (Å²) in [5.74, 6) is 0.00739. The molecule has 26 heavy (non-hydrogen) atoms. The summed E-state index contributed by atoms with van der Waals surface area (Å²) < 4.78 is 38.1. The number of amides is 1. The summed E-state index contributed by atoms with van der Waals surface area (Å²) >= 11 is 3.19. The number of furan rings is 1. The van der Waals surface area contributed by atoms with Crippen LogP contribution in [0.15, 0.2) is 44.3 Å². The first-order valence-corrected chi connectivity index (χ1v) is 10.5. The average molecular weight is 441 g/mol. The third kappa shape index (κ3) is 3.09. The summed E-state index contributed by atoms with van der Waals surface area (Å²) in [5, 5.41) is 0. The highest BCUT2D eigenvalue weighted by Gasteiger charge is 2.31. The maximum absolute atomic E-state index is 12.8. The Morgan fingerprint density at radius 3 is 2.54 bits per heavy atom. The zero-order chi connectivity index (χ0) is 18.3. The Balaban J connectivity index is 1.61.